The van der Waals surface area contributed by atoms with Gasteiger partial charge in [-0.05, 0) is 76.0 Å². The zero-order valence-corrected chi connectivity index (χ0v) is 17.6. The molecule has 1 amide bonds. The van der Waals surface area contributed by atoms with Crippen molar-refractivity contribution in [2.45, 2.75) is 63.4 Å². The highest BCUT2D eigenvalue weighted by Crippen LogP contribution is 2.35. The minimum absolute atomic E-state index is 0.00665. The van der Waals surface area contributed by atoms with Crippen molar-refractivity contribution < 1.29 is 13.2 Å². The van der Waals surface area contributed by atoms with Crippen molar-refractivity contribution in [1.29, 1.82) is 0 Å². The number of hydrogen-bond acceptors (Lipinski definition) is 4. The summed E-state index contributed by atoms with van der Waals surface area (Å²) in [5, 5.41) is 0. The molecule has 0 radical (unpaired) electrons. The van der Waals surface area contributed by atoms with E-state index in [1.54, 1.807) is 41.4 Å². The van der Waals surface area contributed by atoms with E-state index >= 15 is 0 Å². The minimum Gasteiger partial charge on any atom is -0.309 e. The molecule has 1 aromatic carbocycles. The van der Waals surface area contributed by atoms with Gasteiger partial charge in [0.2, 0.25) is 15.9 Å². The monoisotopic (exact) mass is 393 g/mol. The first-order chi connectivity index (χ1) is 12.8. The van der Waals surface area contributed by atoms with Gasteiger partial charge in [-0.25, -0.2) is 8.42 Å². The van der Waals surface area contributed by atoms with Gasteiger partial charge in [0.05, 0.1) is 4.90 Å². The molecule has 7 heteroatoms. The number of carbonyl (C=O) groups excluding carboxylic acids is 1. The summed E-state index contributed by atoms with van der Waals surface area (Å²) in [4.78, 5) is 16.4. The highest BCUT2D eigenvalue weighted by atomic mass is 32.2. The number of piperidine rings is 1. The molecule has 1 fully saturated rings. The maximum absolute atomic E-state index is 13.2. The fourth-order valence-corrected chi connectivity index (χ4v) is 5.90. The van der Waals surface area contributed by atoms with Gasteiger partial charge in [-0.2, -0.15) is 4.31 Å². The van der Waals surface area contributed by atoms with Crippen molar-refractivity contribution in [1.82, 2.24) is 9.21 Å². The van der Waals surface area contributed by atoms with Crippen LogP contribution in [0.5, 0.6) is 0 Å². The summed E-state index contributed by atoms with van der Waals surface area (Å²) in [6.07, 6.45) is 3.56. The average Bonchev–Trinajstić information content (AvgIpc) is 2.97. The number of carbonyl (C=O) groups is 1. The number of fused-ring (bicyclic) bond motifs is 1. The lowest BCUT2D eigenvalue weighted by Gasteiger charge is -2.36. The summed E-state index contributed by atoms with van der Waals surface area (Å²) >= 11 is 0. The van der Waals surface area contributed by atoms with Crippen LogP contribution in [0.1, 0.15) is 45.6 Å². The van der Waals surface area contributed by atoms with Crippen molar-refractivity contribution in [3.8, 4) is 0 Å². The Bertz CT molecular complexity index is 801. The third kappa shape index (κ3) is 3.91. The molecule has 0 N–H and O–H groups in total. The lowest BCUT2D eigenvalue weighted by Crippen LogP contribution is -2.45. The van der Waals surface area contributed by atoms with Gasteiger partial charge < -0.3 is 9.80 Å². The smallest absolute Gasteiger partial charge is 0.243 e. The van der Waals surface area contributed by atoms with Gasteiger partial charge in [0.25, 0.3) is 0 Å². The van der Waals surface area contributed by atoms with Gasteiger partial charge in [-0.15, -0.1) is 0 Å². The summed E-state index contributed by atoms with van der Waals surface area (Å²) in [6.45, 7) is 8.70. The molecule has 1 atom stereocenters. The molecule has 0 spiro atoms. The number of rotatable bonds is 5. The van der Waals surface area contributed by atoms with Crippen molar-refractivity contribution in [2.75, 3.05) is 31.6 Å². The van der Waals surface area contributed by atoms with E-state index in [1.165, 1.54) is 0 Å². The minimum atomic E-state index is -3.53. The predicted octanol–water partition coefficient (Wildman–Crippen LogP) is 2.48. The molecular formula is C20H31N3O3S. The molecule has 150 valence electrons. The van der Waals surface area contributed by atoms with Crippen LogP contribution < -0.4 is 4.90 Å². The quantitative estimate of drug-likeness (QED) is 0.771. The van der Waals surface area contributed by atoms with Crippen molar-refractivity contribution in [3.05, 3.63) is 23.8 Å². The molecule has 0 bridgehead atoms. The number of likely N-dealkylation sites (tertiary alicyclic amines) is 1. The second kappa shape index (κ2) is 7.89. The molecule has 3 rings (SSSR count). The largest absolute Gasteiger partial charge is 0.309 e. The van der Waals surface area contributed by atoms with Crippen LogP contribution in [0.4, 0.5) is 5.69 Å². The molecule has 2 heterocycles. The molecule has 0 aliphatic carbocycles. The molecule has 6 nitrogen and oxygen atoms in total. The van der Waals surface area contributed by atoms with Crippen LogP contribution in [0.2, 0.25) is 0 Å². The summed E-state index contributed by atoms with van der Waals surface area (Å²) in [7, 11) is -1.83. The number of sulfonamides is 1. The van der Waals surface area contributed by atoms with Crippen LogP contribution in [0.25, 0.3) is 0 Å². The first kappa shape index (κ1) is 20.3. The summed E-state index contributed by atoms with van der Waals surface area (Å²) < 4.78 is 27.9. The van der Waals surface area contributed by atoms with Crippen LogP contribution in [0.3, 0.4) is 0 Å². The lowest BCUT2D eigenvalue weighted by molar-refractivity contribution is -0.116. The molecule has 1 aromatic rings. The SMILES string of the molecule is CCCN1CCC(N(C)S(=O)(=O)c2ccc3c(c2)C[C@@H](C)N3C(C)=O)CC1. The number of benzene rings is 1. The molecule has 2 aliphatic heterocycles. The van der Waals surface area contributed by atoms with E-state index in [0.717, 1.165) is 50.1 Å². The Morgan fingerprint density at radius 2 is 1.93 bits per heavy atom. The van der Waals surface area contributed by atoms with Crippen molar-refractivity contribution in [3.63, 3.8) is 0 Å². The molecule has 0 unspecified atom stereocenters. The first-order valence-corrected chi connectivity index (χ1v) is 11.3. The highest BCUT2D eigenvalue weighted by molar-refractivity contribution is 7.89. The molecular weight excluding hydrogens is 362 g/mol. The van der Waals surface area contributed by atoms with Crippen LogP contribution in [-0.2, 0) is 21.2 Å². The van der Waals surface area contributed by atoms with E-state index in [4.69, 9.17) is 0 Å². The molecule has 1 saturated heterocycles. The van der Waals surface area contributed by atoms with Gasteiger partial charge >= 0.3 is 0 Å². The van der Waals surface area contributed by atoms with Crippen LogP contribution in [0.15, 0.2) is 23.1 Å². The maximum Gasteiger partial charge on any atom is 0.243 e. The second-order valence-corrected chi connectivity index (χ2v) is 9.82. The third-order valence-corrected chi connectivity index (χ3v) is 7.80. The standard InChI is InChI=1S/C20H31N3O3S/c1-5-10-22-11-8-18(9-12-22)21(4)27(25,26)19-6-7-20-17(14-19)13-15(2)23(20)16(3)24/h6-7,14-15,18H,5,8-13H2,1-4H3/t15-/m1/s1. The Morgan fingerprint density at radius 1 is 1.26 bits per heavy atom. The van der Waals surface area contributed by atoms with Gasteiger partial charge in [0.15, 0.2) is 0 Å². The van der Waals surface area contributed by atoms with E-state index < -0.39 is 10.0 Å². The van der Waals surface area contributed by atoms with Crippen LogP contribution >= 0.6 is 0 Å². The molecule has 27 heavy (non-hydrogen) atoms. The Morgan fingerprint density at radius 3 is 2.52 bits per heavy atom. The highest BCUT2D eigenvalue weighted by Gasteiger charge is 2.33. The lowest BCUT2D eigenvalue weighted by atomic mass is 10.1. The number of nitrogens with zero attached hydrogens (tertiary/aromatic N) is 3. The Kier molecular flexibility index (Phi) is 5.93. The summed E-state index contributed by atoms with van der Waals surface area (Å²) in [6, 6.07) is 5.29. The van der Waals surface area contributed by atoms with E-state index in [2.05, 4.69) is 11.8 Å². The van der Waals surface area contributed by atoms with E-state index in [1.807, 2.05) is 6.92 Å². The number of amides is 1. The maximum atomic E-state index is 13.2. The molecule has 2 aliphatic rings. The van der Waals surface area contributed by atoms with E-state index in [-0.39, 0.29) is 18.0 Å². The topological polar surface area (TPSA) is 60.9 Å². The fraction of sp³-hybridized carbons (Fsp3) is 0.650. The van der Waals surface area contributed by atoms with E-state index in [0.29, 0.717) is 11.3 Å². The second-order valence-electron chi connectivity index (χ2n) is 7.83. The van der Waals surface area contributed by atoms with Crippen molar-refractivity contribution >= 4 is 21.6 Å². The zero-order chi connectivity index (χ0) is 19.8. The van der Waals surface area contributed by atoms with Gasteiger partial charge in [-0.3, -0.25) is 4.79 Å². The Labute approximate surface area is 163 Å². The summed E-state index contributed by atoms with van der Waals surface area (Å²) in [5.74, 6) is -0.00665. The van der Waals surface area contributed by atoms with Crippen LogP contribution in [-0.4, -0.2) is 62.3 Å². The van der Waals surface area contributed by atoms with Gasteiger partial charge in [0.1, 0.15) is 0 Å². The third-order valence-electron chi connectivity index (χ3n) is 5.89. The van der Waals surface area contributed by atoms with Crippen LogP contribution in [0, 0.1) is 0 Å². The number of hydrogen-bond donors (Lipinski definition) is 0. The number of anilines is 1. The molecule has 0 saturated carbocycles. The molecule has 0 aromatic heterocycles. The van der Waals surface area contributed by atoms with Gasteiger partial charge in [-0.1, -0.05) is 6.92 Å². The van der Waals surface area contributed by atoms with Crippen molar-refractivity contribution in [2.24, 2.45) is 0 Å². The van der Waals surface area contributed by atoms with E-state index in [9.17, 15) is 13.2 Å². The average molecular weight is 394 g/mol. The normalized spacial score (nSPS) is 21.7. The summed E-state index contributed by atoms with van der Waals surface area (Å²) in [5.41, 5.74) is 1.77. The van der Waals surface area contributed by atoms with Gasteiger partial charge in [0, 0.05) is 31.7 Å². The first-order valence-electron chi connectivity index (χ1n) is 9.88. The predicted molar refractivity (Wildman–Crippen MR) is 107 cm³/mol. The zero-order valence-electron chi connectivity index (χ0n) is 16.8. The fourth-order valence-electron chi connectivity index (χ4n) is 4.43. The Balaban J connectivity index is 1.78. The Hall–Kier alpha value is -1.44.